The molecule has 3 heterocycles. The van der Waals surface area contributed by atoms with Crippen LogP contribution in [0.2, 0.25) is 0 Å². The first-order valence-electron chi connectivity index (χ1n) is 12.3. The molecule has 35 heavy (non-hydrogen) atoms. The highest BCUT2D eigenvalue weighted by molar-refractivity contribution is 9.09. The third kappa shape index (κ3) is 4.76. The number of carbonyl (C=O) groups is 3. The fraction of sp³-hybridized carbons (Fsp3) is 0.654. The van der Waals surface area contributed by atoms with E-state index in [1.54, 1.807) is 16.7 Å². The van der Waals surface area contributed by atoms with Gasteiger partial charge in [0.1, 0.15) is 6.04 Å². The second kappa shape index (κ2) is 9.71. The van der Waals surface area contributed by atoms with E-state index in [-0.39, 0.29) is 40.3 Å². The van der Waals surface area contributed by atoms with Gasteiger partial charge in [0.05, 0.1) is 29.2 Å². The number of benzene rings is 1. The van der Waals surface area contributed by atoms with Crippen LogP contribution >= 0.6 is 27.7 Å². The summed E-state index contributed by atoms with van der Waals surface area (Å²) in [6.07, 6.45) is 1.20. The highest BCUT2D eigenvalue weighted by Gasteiger charge is 2.76. The van der Waals surface area contributed by atoms with E-state index in [9.17, 15) is 19.5 Å². The van der Waals surface area contributed by atoms with Gasteiger partial charge in [0.2, 0.25) is 17.7 Å². The van der Waals surface area contributed by atoms with Crippen LogP contribution in [0.1, 0.15) is 47.5 Å². The van der Waals surface area contributed by atoms with Crippen LogP contribution in [0.3, 0.4) is 0 Å². The lowest BCUT2D eigenvalue weighted by Crippen LogP contribution is -2.59. The first-order valence-corrected chi connectivity index (χ1v) is 14.1. The molecular weight excluding hydrogens is 530 g/mol. The number of fused-ring (bicyclic) bond motifs is 1. The number of hydrogen-bond acceptors (Lipinski definition) is 5. The molecule has 2 bridgehead atoms. The molecule has 9 heteroatoms. The molecule has 3 amide bonds. The van der Waals surface area contributed by atoms with E-state index in [1.807, 2.05) is 65.0 Å². The number of amides is 3. The van der Waals surface area contributed by atoms with Crippen molar-refractivity contribution in [2.24, 2.45) is 17.8 Å². The highest BCUT2D eigenvalue weighted by atomic mass is 79.9. The maximum atomic E-state index is 14.1. The summed E-state index contributed by atoms with van der Waals surface area (Å²) in [7, 11) is 0. The number of anilines is 1. The average Bonchev–Trinajstić information content (AvgIpc) is 3.34. The van der Waals surface area contributed by atoms with E-state index in [1.165, 1.54) is 0 Å². The van der Waals surface area contributed by atoms with Crippen molar-refractivity contribution in [2.75, 3.05) is 11.9 Å². The van der Waals surface area contributed by atoms with E-state index in [2.05, 4.69) is 26.6 Å². The molecule has 0 saturated carbocycles. The van der Waals surface area contributed by atoms with Gasteiger partial charge in [-0.1, -0.05) is 48.0 Å². The molecule has 3 N–H and O–H groups in total. The molecule has 1 spiro atoms. The molecule has 3 aliphatic rings. The van der Waals surface area contributed by atoms with Gasteiger partial charge in [-0.15, -0.1) is 11.8 Å². The van der Waals surface area contributed by atoms with Crippen LogP contribution in [0.4, 0.5) is 5.69 Å². The molecule has 1 aromatic rings. The van der Waals surface area contributed by atoms with E-state index in [0.29, 0.717) is 18.5 Å². The molecule has 0 aromatic heterocycles. The summed E-state index contributed by atoms with van der Waals surface area (Å²) in [5, 5.41) is 16.3. The normalized spacial score (nSPS) is 32.6. The molecular formula is C26H36BrN3O4S. The van der Waals surface area contributed by atoms with Crippen LogP contribution < -0.4 is 10.6 Å². The number of carbonyl (C=O) groups excluding carboxylic acids is 3. The smallest absolute Gasteiger partial charge is 0.244 e. The molecule has 0 radical (unpaired) electrons. The Morgan fingerprint density at radius 3 is 2.46 bits per heavy atom. The highest BCUT2D eigenvalue weighted by Crippen LogP contribution is 2.68. The number of para-hydroxylation sites is 1. The number of likely N-dealkylation sites (tertiary alicyclic amines) is 1. The van der Waals surface area contributed by atoms with Crippen LogP contribution in [-0.4, -0.2) is 66.8 Å². The maximum Gasteiger partial charge on any atom is 0.244 e. The molecule has 7 nitrogen and oxygen atoms in total. The van der Waals surface area contributed by atoms with Gasteiger partial charge in [-0.05, 0) is 51.7 Å². The first-order chi connectivity index (χ1) is 16.4. The standard InChI is InChI=1S/C26H36BrN3O4S/c1-14(2)11-16(13-31)30-21(23(33)29-25(3,4)5)26-12-17(27)20(35-26)18(19(26)24(30)34)22(32)28-15-9-7-6-8-10-15/h6-10,14,16-21,31H,11-13H2,1-5H3,(H,28,32)(H,29,33)/t16-,17?,18-,19+,20-,21?,26?/m1/s1. The maximum absolute atomic E-state index is 14.1. The summed E-state index contributed by atoms with van der Waals surface area (Å²) in [5.41, 5.74) is 0.203. The number of aliphatic hydroxyl groups is 1. The van der Waals surface area contributed by atoms with Crippen molar-refractivity contribution in [3.8, 4) is 0 Å². The van der Waals surface area contributed by atoms with Gasteiger partial charge in [0, 0.05) is 21.3 Å². The minimum absolute atomic E-state index is 0.00522. The Balaban J connectivity index is 1.75. The van der Waals surface area contributed by atoms with Crippen molar-refractivity contribution in [1.29, 1.82) is 0 Å². The quantitative estimate of drug-likeness (QED) is 0.440. The molecule has 0 aliphatic carbocycles. The Bertz CT molecular complexity index is 985. The van der Waals surface area contributed by atoms with Crippen LogP contribution in [0.15, 0.2) is 30.3 Å². The Morgan fingerprint density at radius 1 is 1.23 bits per heavy atom. The second-order valence-electron chi connectivity index (χ2n) is 11.5. The molecule has 3 aliphatic heterocycles. The Morgan fingerprint density at radius 2 is 1.89 bits per heavy atom. The van der Waals surface area contributed by atoms with Crippen molar-refractivity contribution in [2.45, 2.75) is 79.9 Å². The van der Waals surface area contributed by atoms with Gasteiger partial charge < -0.3 is 20.6 Å². The number of nitrogens with zero attached hydrogens (tertiary/aromatic N) is 1. The average molecular weight is 567 g/mol. The zero-order chi connectivity index (χ0) is 25.7. The topological polar surface area (TPSA) is 98.7 Å². The van der Waals surface area contributed by atoms with E-state index < -0.39 is 34.2 Å². The van der Waals surface area contributed by atoms with Crippen molar-refractivity contribution in [1.82, 2.24) is 10.2 Å². The van der Waals surface area contributed by atoms with Gasteiger partial charge >= 0.3 is 0 Å². The monoisotopic (exact) mass is 565 g/mol. The summed E-state index contributed by atoms with van der Waals surface area (Å²) in [5.74, 6) is -1.56. The van der Waals surface area contributed by atoms with Crippen LogP contribution in [-0.2, 0) is 14.4 Å². The van der Waals surface area contributed by atoms with Crippen molar-refractivity contribution in [3.05, 3.63) is 30.3 Å². The van der Waals surface area contributed by atoms with Crippen LogP contribution in [0, 0.1) is 17.8 Å². The van der Waals surface area contributed by atoms with E-state index in [4.69, 9.17) is 0 Å². The SMILES string of the molecule is CC(C)C[C@H](CO)N1C(=O)[C@@H]2[C@@H](C(=O)Nc3ccccc3)[C@@H]3SC2(CC3Br)C1C(=O)NC(C)(C)C. The molecule has 4 rings (SSSR count). The number of aliphatic hydroxyl groups excluding tert-OH is 1. The summed E-state index contributed by atoms with van der Waals surface area (Å²) in [4.78, 5) is 43.2. The molecule has 3 saturated heterocycles. The fourth-order valence-corrected chi connectivity index (χ4v) is 9.67. The first kappa shape index (κ1) is 26.5. The molecule has 7 atom stereocenters. The Kier molecular flexibility index (Phi) is 7.34. The lowest BCUT2D eigenvalue weighted by Gasteiger charge is -2.39. The summed E-state index contributed by atoms with van der Waals surface area (Å²) in [6.45, 7) is 9.61. The van der Waals surface area contributed by atoms with E-state index in [0.717, 1.165) is 0 Å². The van der Waals surface area contributed by atoms with Gasteiger partial charge in [-0.25, -0.2) is 0 Å². The minimum atomic E-state index is -0.750. The summed E-state index contributed by atoms with van der Waals surface area (Å²) < 4.78 is -0.728. The Hall–Kier alpha value is -1.58. The zero-order valence-corrected chi connectivity index (χ0v) is 23.4. The van der Waals surface area contributed by atoms with Crippen molar-refractivity contribution < 1.29 is 19.5 Å². The summed E-state index contributed by atoms with van der Waals surface area (Å²) in [6, 6.07) is 8.01. The third-order valence-electron chi connectivity index (χ3n) is 7.17. The predicted molar refractivity (Wildman–Crippen MR) is 142 cm³/mol. The molecule has 192 valence electrons. The lowest BCUT2D eigenvalue weighted by molar-refractivity contribution is -0.142. The molecule has 3 fully saturated rings. The number of thioether (sulfide) groups is 1. The van der Waals surface area contributed by atoms with Crippen molar-refractivity contribution in [3.63, 3.8) is 0 Å². The summed E-state index contributed by atoms with van der Waals surface area (Å²) >= 11 is 5.39. The van der Waals surface area contributed by atoms with Crippen molar-refractivity contribution >= 4 is 51.1 Å². The van der Waals surface area contributed by atoms with Gasteiger partial charge in [0.25, 0.3) is 0 Å². The largest absolute Gasteiger partial charge is 0.394 e. The number of halogens is 1. The zero-order valence-electron chi connectivity index (χ0n) is 21.0. The predicted octanol–water partition coefficient (Wildman–Crippen LogP) is 3.41. The lowest BCUT2D eigenvalue weighted by atomic mass is 9.70. The van der Waals surface area contributed by atoms with E-state index >= 15 is 0 Å². The third-order valence-corrected chi connectivity index (χ3v) is 10.4. The molecule has 3 unspecified atom stereocenters. The molecule has 1 aromatic carbocycles. The van der Waals surface area contributed by atoms with Crippen LogP contribution in [0.5, 0.6) is 0 Å². The number of nitrogens with one attached hydrogen (secondary N) is 2. The number of alkyl halides is 1. The van der Waals surface area contributed by atoms with Gasteiger partial charge in [-0.3, -0.25) is 14.4 Å². The fourth-order valence-electron chi connectivity index (χ4n) is 6.07. The Labute approximate surface area is 220 Å². The van der Waals surface area contributed by atoms with Gasteiger partial charge in [0.15, 0.2) is 0 Å². The number of hydrogen-bond donors (Lipinski definition) is 3. The van der Waals surface area contributed by atoms with Crippen LogP contribution in [0.25, 0.3) is 0 Å². The van der Waals surface area contributed by atoms with Gasteiger partial charge in [-0.2, -0.15) is 0 Å². The number of rotatable bonds is 7. The second-order valence-corrected chi connectivity index (χ2v) is 14.2. The minimum Gasteiger partial charge on any atom is -0.394 e.